The SMILES string of the molecule is NC(=O)C1(O)Nc2ccccc2C1O. The molecule has 1 aliphatic heterocycles. The van der Waals surface area contributed by atoms with Crippen molar-refractivity contribution in [1.82, 2.24) is 0 Å². The fourth-order valence-electron chi connectivity index (χ4n) is 1.54. The average molecular weight is 194 g/mol. The van der Waals surface area contributed by atoms with Crippen molar-refractivity contribution in [2.24, 2.45) is 5.73 Å². The molecule has 0 fully saturated rings. The van der Waals surface area contributed by atoms with E-state index in [-0.39, 0.29) is 0 Å². The van der Waals surface area contributed by atoms with Gasteiger partial charge in [-0.15, -0.1) is 0 Å². The Kier molecular flexibility index (Phi) is 1.73. The van der Waals surface area contributed by atoms with Gasteiger partial charge in [0.15, 0.2) is 0 Å². The molecule has 0 spiro atoms. The number of fused-ring (bicyclic) bond motifs is 1. The van der Waals surface area contributed by atoms with Gasteiger partial charge in [-0.1, -0.05) is 18.2 Å². The summed E-state index contributed by atoms with van der Waals surface area (Å²) in [5.74, 6) is -0.999. The maximum atomic E-state index is 11.0. The Balaban J connectivity index is 2.48. The van der Waals surface area contributed by atoms with Gasteiger partial charge in [0, 0.05) is 11.3 Å². The lowest BCUT2D eigenvalue weighted by Gasteiger charge is -2.22. The molecular formula is C9H10N2O3. The van der Waals surface area contributed by atoms with Crippen molar-refractivity contribution in [3.8, 4) is 0 Å². The predicted molar refractivity (Wildman–Crippen MR) is 49.2 cm³/mol. The van der Waals surface area contributed by atoms with E-state index in [4.69, 9.17) is 5.73 Å². The van der Waals surface area contributed by atoms with E-state index in [9.17, 15) is 15.0 Å². The number of amides is 1. The van der Waals surface area contributed by atoms with Gasteiger partial charge < -0.3 is 21.3 Å². The summed E-state index contributed by atoms with van der Waals surface area (Å²) in [5.41, 5.74) is 3.88. The van der Waals surface area contributed by atoms with E-state index >= 15 is 0 Å². The number of aliphatic hydroxyl groups is 2. The van der Waals surface area contributed by atoms with Crippen LogP contribution in [0.25, 0.3) is 0 Å². The van der Waals surface area contributed by atoms with Crippen LogP contribution in [-0.2, 0) is 4.79 Å². The number of carbonyl (C=O) groups excluding carboxylic acids is 1. The summed E-state index contributed by atoms with van der Waals surface area (Å²) in [5, 5.41) is 21.9. The van der Waals surface area contributed by atoms with Gasteiger partial charge in [0.2, 0.25) is 5.72 Å². The fourth-order valence-corrected chi connectivity index (χ4v) is 1.54. The molecule has 5 N–H and O–H groups in total. The van der Waals surface area contributed by atoms with Crippen LogP contribution in [-0.4, -0.2) is 21.8 Å². The number of benzene rings is 1. The number of hydrogen-bond donors (Lipinski definition) is 4. The van der Waals surface area contributed by atoms with Crippen LogP contribution in [0.4, 0.5) is 5.69 Å². The molecule has 5 nitrogen and oxygen atoms in total. The minimum absolute atomic E-state index is 0.466. The van der Waals surface area contributed by atoms with E-state index in [0.717, 1.165) is 0 Å². The Morgan fingerprint density at radius 2 is 2.14 bits per heavy atom. The third kappa shape index (κ3) is 0.997. The van der Waals surface area contributed by atoms with E-state index in [2.05, 4.69) is 5.32 Å². The van der Waals surface area contributed by atoms with Crippen molar-refractivity contribution in [1.29, 1.82) is 0 Å². The molecule has 1 heterocycles. The zero-order chi connectivity index (χ0) is 10.3. The summed E-state index contributed by atoms with van der Waals surface area (Å²) in [6.45, 7) is 0. The van der Waals surface area contributed by atoms with Crippen LogP contribution in [0.2, 0.25) is 0 Å². The molecular weight excluding hydrogens is 184 g/mol. The van der Waals surface area contributed by atoms with E-state index in [1.165, 1.54) is 0 Å². The summed E-state index contributed by atoms with van der Waals surface area (Å²) in [6, 6.07) is 6.70. The van der Waals surface area contributed by atoms with Crippen molar-refractivity contribution in [3.05, 3.63) is 29.8 Å². The molecule has 1 aromatic carbocycles. The van der Waals surface area contributed by atoms with Gasteiger partial charge in [0.05, 0.1) is 0 Å². The quantitative estimate of drug-likeness (QED) is 0.476. The van der Waals surface area contributed by atoms with E-state index in [1.54, 1.807) is 24.3 Å². The van der Waals surface area contributed by atoms with E-state index in [0.29, 0.717) is 11.3 Å². The molecule has 1 amide bonds. The zero-order valence-electron chi connectivity index (χ0n) is 7.27. The smallest absolute Gasteiger partial charge is 0.273 e. The minimum Gasteiger partial charge on any atom is -0.383 e. The molecule has 14 heavy (non-hydrogen) atoms. The average Bonchev–Trinajstić information content (AvgIpc) is 2.42. The van der Waals surface area contributed by atoms with Gasteiger partial charge in [0.1, 0.15) is 6.10 Å². The highest BCUT2D eigenvalue weighted by Crippen LogP contribution is 2.38. The first-order chi connectivity index (χ1) is 6.55. The number of nitrogens with one attached hydrogen (secondary N) is 1. The molecule has 0 bridgehead atoms. The predicted octanol–water partition coefficient (Wildman–Crippen LogP) is -0.681. The van der Waals surface area contributed by atoms with Crippen molar-refractivity contribution in [2.75, 3.05) is 5.32 Å². The Hall–Kier alpha value is -1.59. The van der Waals surface area contributed by atoms with Gasteiger partial charge in [0.25, 0.3) is 5.91 Å². The van der Waals surface area contributed by atoms with E-state index in [1.807, 2.05) is 0 Å². The standard InChI is InChI=1S/C9H10N2O3/c10-8(13)9(14)7(12)5-3-1-2-4-6(5)11-9/h1-4,7,11-12,14H,(H2,10,13). The largest absolute Gasteiger partial charge is 0.383 e. The van der Waals surface area contributed by atoms with Crippen LogP contribution in [0, 0.1) is 0 Å². The molecule has 0 saturated carbocycles. The first-order valence-electron chi connectivity index (χ1n) is 4.13. The topological polar surface area (TPSA) is 95.6 Å². The monoisotopic (exact) mass is 194 g/mol. The van der Waals surface area contributed by atoms with Crippen LogP contribution in [0.1, 0.15) is 11.7 Å². The molecule has 2 unspecified atom stereocenters. The first-order valence-corrected chi connectivity index (χ1v) is 4.13. The van der Waals surface area contributed by atoms with Crippen LogP contribution in [0.5, 0.6) is 0 Å². The lowest BCUT2D eigenvalue weighted by Crippen LogP contribution is -2.51. The van der Waals surface area contributed by atoms with Crippen LogP contribution < -0.4 is 11.1 Å². The molecule has 0 aromatic heterocycles. The zero-order valence-corrected chi connectivity index (χ0v) is 7.27. The number of hydrogen-bond acceptors (Lipinski definition) is 4. The molecule has 1 aromatic rings. The molecule has 2 atom stereocenters. The number of anilines is 1. The molecule has 2 rings (SSSR count). The normalized spacial score (nSPS) is 29.4. The van der Waals surface area contributed by atoms with Gasteiger partial charge >= 0.3 is 0 Å². The molecule has 1 aliphatic rings. The third-order valence-electron chi connectivity index (χ3n) is 2.35. The maximum Gasteiger partial charge on any atom is 0.273 e. The Labute approximate surface area is 80.2 Å². The number of carbonyl (C=O) groups is 1. The molecule has 74 valence electrons. The number of rotatable bonds is 1. The second kappa shape index (κ2) is 2.70. The van der Waals surface area contributed by atoms with Crippen molar-refractivity contribution >= 4 is 11.6 Å². The van der Waals surface area contributed by atoms with Crippen LogP contribution in [0.3, 0.4) is 0 Å². The number of nitrogens with two attached hydrogens (primary N) is 1. The summed E-state index contributed by atoms with van der Waals surface area (Å²) in [7, 11) is 0. The maximum absolute atomic E-state index is 11.0. The molecule has 0 saturated heterocycles. The number of primary amides is 1. The Morgan fingerprint density at radius 1 is 1.50 bits per heavy atom. The molecule has 5 heteroatoms. The molecule has 0 aliphatic carbocycles. The lowest BCUT2D eigenvalue weighted by molar-refractivity contribution is -0.143. The van der Waals surface area contributed by atoms with Gasteiger partial charge in [-0.25, -0.2) is 0 Å². The fraction of sp³-hybridized carbons (Fsp3) is 0.222. The minimum atomic E-state index is -2.09. The number of para-hydroxylation sites is 1. The van der Waals surface area contributed by atoms with Crippen molar-refractivity contribution in [3.63, 3.8) is 0 Å². The Morgan fingerprint density at radius 3 is 2.71 bits per heavy atom. The van der Waals surface area contributed by atoms with E-state index < -0.39 is 17.7 Å². The van der Waals surface area contributed by atoms with Gasteiger partial charge in [-0.05, 0) is 6.07 Å². The lowest BCUT2D eigenvalue weighted by atomic mass is 10.0. The first kappa shape index (κ1) is 8.98. The number of aliphatic hydroxyl groups excluding tert-OH is 1. The second-order valence-corrected chi connectivity index (χ2v) is 3.25. The second-order valence-electron chi connectivity index (χ2n) is 3.25. The third-order valence-corrected chi connectivity index (χ3v) is 2.35. The van der Waals surface area contributed by atoms with Crippen LogP contribution >= 0.6 is 0 Å². The summed E-state index contributed by atoms with van der Waals surface area (Å²) in [6.07, 6.45) is -1.32. The highest BCUT2D eigenvalue weighted by atomic mass is 16.4. The molecule has 0 radical (unpaired) electrons. The highest BCUT2D eigenvalue weighted by molar-refractivity contribution is 5.89. The van der Waals surface area contributed by atoms with Gasteiger partial charge in [-0.3, -0.25) is 4.79 Å². The highest BCUT2D eigenvalue weighted by Gasteiger charge is 2.48. The van der Waals surface area contributed by atoms with Crippen LogP contribution in [0.15, 0.2) is 24.3 Å². The summed E-state index contributed by atoms with van der Waals surface area (Å²) in [4.78, 5) is 11.0. The summed E-state index contributed by atoms with van der Waals surface area (Å²) >= 11 is 0. The van der Waals surface area contributed by atoms with Crippen molar-refractivity contribution < 1.29 is 15.0 Å². The van der Waals surface area contributed by atoms with Crippen molar-refractivity contribution in [2.45, 2.75) is 11.8 Å². The summed E-state index contributed by atoms with van der Waals surface area (Å²) < 4.78 is 0. The van der Waals surface area contributed by atoms with Gasteiger partial charge in [-0.2, -0.15) is 0 Å². The Bertz CT molecular complexity index is 393.